The van der Waals surface area contributed by atoms with Crippen molar-refractivity contribution in [3.8, 4) is 23.0 Å². The fraction of sp³-hybridized carbons (Fsp3) is 0.238. The summed E-state index contributed by atoms with van der Waals surface area (Å²) in [5, 5.41) is 2.63. The van der Waals surface area contributed by atoms with Gasteiger partial charge in [-0.15, -0.1) is 0 Å². The minimum absolute atomic E-state index is 0.0876. The molecule has 0 saturated carbocycles. The Labute approximate surface area is 168 Å². The summed E-state index contributed by atoms with van der Waals surface area (Å²) in [6.07, 6.45) is 1.69. The number of amides is 1. The van der Waals surface area contributed by atoms with Crippen LogP contribution in [0.15, 0.2) is 42.0 Å². The molecular weight excluding hydrogens is 378 g/mol. The van der Waals surface area contributed by atoms with E-state index in [1.165, 1.54) is 21.3 Å². The molecule has 2 aromatic rings. The zero-order chi connectivity index (χ0) is 20.8. The van der Waals surface area contributed by atoms with E-state index in [0.717, 1.165) is 5.56 Å². The van der Waals surface area contributed by atoms with Gasteiger partial charge in [-0.2, -0.15) is 0 Å². The highest BCUT2D eigenvalue weighted by Gasteiger charge is 2.20. The first-order valence-electron chi connectivity index (χ1n) is 8.75. The van der Waals surface area contributed by atoms with E-state index < -0.39 is 18.5 Å². The summed E-state index contributed by atoms with van der Waals surface area (Å²) in [7, 11) is 4.44. The zero-order valence-electron chi connectivity index (χ0n) is 16.3. The summed E-state index contributed by atoms with van der Waals surface area (Å²) < 4.78 is 26.4. The summed E-state index contributed by atoms with van der Waals surface area (Å²) >= 11 is 0. The lowest BCUT2D eigenvalue weighted by atomic mass is 10.1. The maximum absolute atomic E-state index is 12.2. The molecule has 0 atom stereocenters. The third kappa shape index (κ3) is 4.60. The molecule has 0 aliphatic carbocycles. The molecule has 29 heavy (non-hydrogen) atoms. The van der Waals surface area contributed by atoms with Crippen LogP contribution in [0.3, 0.4) is 0 Å². The molecule has 1 aliphatic heterocycles. The number of ether oxygens (including phenoxy) is 5. The molecule has 0 unspecified atom stereocenters. The Morgan fingerprint density at radius 2 is 1.72 bits per heavy atom. The molecule has 0 bridgehead atoms. The van der Waals surface area contributed by atoms with Crippen molar-refractivity contribution in [3.63, 3.8) is 0 Å². The van der Waals surface area contributed by atoms with Crippen LogP contribution in [0.25, 0.3) is 6.08 Å². The lowest BCUT2D eigenvalue weighted by Gasteiger charge is -2.17. The summed E-state index contributed by atoms with van der Waals surface area (Å²) in [5.74, 6) is 0.766. The number of anilines is 1. The van der Waals surface area contributed by atoms with Crippen LogP contribution in [-0.4, -0.2) is 46.4 Å². The molecule has 0 aromatic heterocycles. The number of carbonyl (C=O) groups is 2. The maximum Gasteiger partial charge on any atom is 0.338 e. The molecule has 0 spiro atoms. The van der Waals surface area contributed by atoms with Gasteiger partial charge in [0, 0.05) is 23.4 Å². The number of carbonyl (C=O) groups excluding carboxylic acids is 2. The molecule has 1 amide bonds. The second kappa shape index (κ2) is 9.01. The van der Waals surface area contributed by atoms with Crippen molar-refractivity contribution in [2.24, 2.45) is 0 Å². The molecule has 0 saturated heterocycles. The molecule has 1 aliphatic rings. The van der Waals surface area contributed by atoms with Gasteiger partial charge in [0.1, 0.15) is 12.4 Å². The van der Waals surface area contributed by atoms with Crippen molar-refractivity contribution in [1.29, 1.82) is 0 Å². The molecule has 8 heteroatoms. The zero-order valence-corrected chi connectivity index (χ0v) is 16.3. The van der Waals surface area contributed by atoms with E-state index in [1.54, 1.807) is 18.2 Å². The first kappa shape index (κ1) is 20.1. The van der Waals surface area contributed by atoms with Crippen molar-refractivity contribution in [2.45, 2.75) is 0 Å². The Kier molecular flexibility index (Phi) is 6.23. The Balaban J connectivity index is 1.62. The fourth-order valence-electron chi connectivity index (χ4n) is 2.81. The van der Waals surface area contributed by atoms with Gasteiger partial charge in [0.2, 0.25) is 5.75 Å². The molecule has 152 valence electrons. The van der Waals surface area contributed by atoms with Crippen molar-refractivity contribution >= 4 is 23.6 Å². The number of esters is 1. The third-order valence-electron chi connectivity index (χ3n) is 4.18. The Morgan fingerprint density at radius 1 is 1.03 bits per heavy atom. The van der Waals surface area contributed by atoms with E-state index in [-0.39, 0.29) is 6.61 Å². The summed E-state index contributed by atoms with van der Waals surface area (Å²) in [6, 6.07) is 10.5. The second-order valence-electron chi connectivity index (χ2n) is 6.03. The fourth-order valence-corrected chi connectivity index (χ4v) is 2.81. The van der Waals surface area contributed by atoms with E-state index in [9.17, 15) is 9.59 Å². The standard InChI is InChI=1S/C21H21NO7/c1-25-17-9-15(10-18(26-2)20(17)27-3)22-19(23)12-29-21(24)14-8-13-6-4-5-7-16(13)28-11-14/h4-10H,11-12H2,1-3H3,(H,22,23). The van der Waals surface area contributed by atoms with Crippen molar-refractivity contribution in [2.75, 3.05) is 39.9 Å². The normalized spacial score (nSPS) is 12.0. The molecular formula is C21H21NO7. The van der Waals surface area contributed by atoms with Crippen LogP contribution in [0.5, 0.6) is 23.0 Å². The van der Waals surface area contributed by atoms with Crippen LogP contribution in [-0.2, 0) is 14.3 Å². The number of para-hydroxylation sites is 1. The van der Waals surface area contributed by atoms with Gasteiger partial charge in [0.15, 0.2) is 18.1 Å². The van der Waals surface area contributed by atoms with E-state index >= 15 is 0 Å². The molecule has 8 nitrogen and oxygen atoms in total. The van der Waals surface area contributed by atoms with Gasteiger partial charge >= 0.3 is 5.97 Å². The number of nitrogens with one attached hydrogen (secondary N) is 1. The van der Waals surface area contributed by atoms with Crippen molar-refractivity contribution in [1.82, 2.24) is 0 Å². The van der Waals surface area contributed by atoms with E-state index in [2.05, 4.69) is 5.32 Å². The Morgan fingerprint density at radius 3 is 2.38 bits per heavy atom. The third-order valence-corrected chi connectivity index (χ3v) is 4.18. The summed E-state index contributed by atoms with van der Waals surface area (Å²) in [5.41, 5.74) is 1.53. The summed E-state index contributed by atoms with van der Waals surface area (Å²) in [4.78, 5) is 24.4. The van der Waals surface area contributed by atoms with Crippen LogP contribution in [0.2, 0.25) is 0 Å². The lowest BCUT2D eigenvalue weighted by molar-refractivity contribution is -0.143. The van der Waals surface area contributed by atoms with Crippen LogP contribution in [0.4, 0.5) is 5.69 Å². The smallest absolute Gasteiger partial charge is 0.338 e. The molecule has 0 fully saturated rings. The number of rotatable bonds is 7. The number of benzene rings is 2. The first-order valence-corrected chi connectivity index (χ1v) is 8.75. The number of methoxy groups -OCH3 is 3. The molecule has 3 rings (SSSR count). The number of hydrogen-bond acceptors (Lipinski definition) is 7. The number of fused-ring (bicyclic) bond motifs is 1. The van der Waals surface area contributed by atoms with Gasteiger partial charge in [-0.3, -0.25) is 4.79 Å². The highest BCUT2D eigenvalue weighted by atomic mass is 16.5. The highest BCUT2D eigenvalue weighted by Crippen LogP contribution is 2.39. The molecule has 1 N–H and O–H groups in total. The van der Waals surface area contributed by atoms with Crippen LogP contribution < -0.4 is 24.3 Å². The minimum atomic E-state index is -0.612. The molecule has 0 radical (unpaired) electrons. The minimum Gasteiger partial charge on any atom is -0.493 e. The van der Waals surface area contributed by atoms with E-state index in [4.69, 9.17) is 23.7 Å². The Bertz CT molecular complexity index is 927. The first-order chi connectivity index (χ1) is 14.0. The van der Waals surface area contributed by atoms with Gasteiger partial charge in [0.05, 0.1) is 26.9 Å². The predicted molar refractivity (Wildman–Crippen MR) is 106 cm³/mol. The van der Waals surface area contributed by atoms with E-state index in [0.29, 0.717) is 34.3 Å². The average Bonchev–Trinajstić information content (AvgIpc) is 2.76. The van der Waals surface area contributed by atoms with Crippen LogP contribution in [0, 0.1) is 0 Å². The number of hydrogen-bond donors (Lipinski definition) is 1. The maximum atomic E-state index is 12.2. The topological polar surface area (TPSA) is 92.3 Å². The van der Waals surface area contributed by atoms with Gasteiger partial charge in [-0.05, 0) is 12.1 Å². The Hall–Kier alpha value is -3.68. The van der Waals surface area contributed by atoms with E-state index in [1.807, 2.05) is 24.3 Å². The second-order valence-corrected chi connectivity index (χ2v) is 6.03. The van der Waals surface area contributed by atoms with Crippen LogP contribution in [0.1, 0.15) is 5.56 Å². The van der Waals surface area contributed by atoms with Crippen molar-refractivity contribution in [3.05, 3.63) is 47.5 Å². The molecule has 1 heterocycles. The average molecular weight is 399 g/mol. The SMILES string of the molecule is COc1cc(NC(=O)COC(=O)C2=Cc3ccccc3OC2)cc(OC)c1OC. The monoisotopic (exact) mass is 399 g/mol. The van der Waals surface area contributed by atoms with Crippen molar-refractivity contribution < 1.29 is 33.3 Å². The summed E-state index contributed by atoms with van der Waals surface area (Å²) in [6.45, 7) is -0.362. The van der Waals surface area contributed by atoms with Gasteiger partial charge in [-0.25, -0.2) is 4.79 Å². The predicted octanol–water partition coefficient (Wildman–Crippen LogP) is 2.67. The van der Waals surface area contributed by atoms with Gasteiger partial charge in [-0.1, -0.05) is 18.2 Å². The quantitative estimate of drug-likeness (QED) is 0.716. The largest absolute Gasteiger partial charge is 0.493 e. The van der Waals surface area contributed by atoms with Crippen LogP contribution >= 0.6 is 0 Å². The van der Waals surface area contributed by atoms with Gasteiger partial charge < -0.3 is 29.0 Å². The van der Waals surface area contributed by atoms with Gasteiger partial charge in [0.25, 0.3) is 5.91 Å². The molecule has 2 aromatic carbocycles. The highest BCUT2D eigenvalue weighted by molar-refractivity contribution is 5.98. The lowest BCUT2D eigenvalue weighted by Crippen LogP contribution is -2.24.